The van der Waals surface area contributed by atoms with Gasteiger partial charge in [-0.15, -0.1) is 0 Å². The molecule has 0 N–H and O–H groups in total. The molecule has 0 amide bonds. The second kappa shape index (κ2) is 11.4. The van der Waals surface area contributed by atoms with E-state index in [4.69, 9.17) is 15.0 Å². The van der Waals surface area contributed by atoms with Crippen molar-refractivity contribution < 1.29 is 0 Å². The first-order valence-electron chi connectivity index (χ1n) is 19.1. The van der Waals surface area contributed by atoms with Gasteiger partial charge in [0.25, 0.3) is 0 Å². The van der Waals surface area contributed by atoms with Crippen LogP contribution in [0.15, 0.2) is 158 Å². The molecule has 11 rings (SSSR count). The fraction of sp³-hybridized carbons (Fsp3) is 0.118. The summed E-state index contributed by atoms with van der Waals surface area (Å²) in [5.41, 5.74) is 17.0. The Morgan fingerprint density at radius 2 is 0.782 bits per heavy atom. The van der Waals surface area contributed by atoms with Crippen molar-refractivity contribution in [3.63, 3.8) is 0 Å². The molecule has 0 aliphatic heterocycles. The minimum Gasteiger partial charge on any atom is -0.309 e. The van der Waals surface area contributed by atoms with Crippen molar-refractivity contribution in [3.05, 3.63) is 180 Å². The molecule has 4 heteroatoms. The zero-order valence-electron chi connectivity index (χ0n) is 31.3. The van der Waals surface area contributed by atoms with Crippen molar-refractivity contribution in [2.24, 2.45) is 0 Å². The van der Waals surface area contributed by atoms with Gasteiger partial charge in [-0.2, -0.15) is 0 Å². The third-order valence-electron chi connectivity index (χ3n) is 12.3. The van der Waals surface area contributed by atoms with Crippen LogP contribution in [0.2, 0.25) is 0 Å². The molecule has 0 radical (unpaired) electrons. The maximum Gasteiger partial charge on any atom is 0.164 e. The molecule has 2 heterocycles. The molecule has 0 saturated carbocycles. The lowest BCUT2D eigenvalue weighted by molar-refractivity contribution is 0.661. The lowest BCUT2D eigenvalue weighted by Gasteiger charge is -2.21. The molecule has 262 valence electrons. The Morgan fingerprint density at radius 1 is 0.364 bits per heavy atom. The fourth-order valence-corrected chi connectivity index (χ4v) is 9.38. The van der Waals surface area contributed by atoms with E-state index in [1.807, 2.05) is 60.7 Å². The molecule has 0 atom stereocenters. The second-order valence-electron chi connectivity index (χ2n) is 16.1. The van der Waals surface area contributed by atoms with E-state index in [1.165, 1.54) is 66.3 Å². The molecule has 0 fully saturated rings. The summed E-state index contributed by atoms with van der Waals surface area (Å²) in [7, 11) is 0. The summed E-state index contributed by atoms with van der Waals surface area (Å²) >= 11 is 0. The summed E-state index contributed by atoms with van der Waals surface area (Å²) in [5.74, 6) is 1.96. The van der Waals surface area contributed by atoms with Crippen LogP contribution in [0.4, 0.5) is 0 Å². The normalized spacial score (nSPS) is 14.5. The first-order valence-corrected chi connectivity index (χ1v) is 19.1. The molecule has 55 heavy (non-hydrogen) atoms. The van der Waals surface area contributed by atoms with Crippen molar-refractivity contribution in [2.75, 3.05) is 0 Å². The smallest absolute Gasteiger partial charge is 0.164 e. The van der Waals surface area contributed by atoms with Crippen molar-refractivity contribution in [1.29, 1.82) is 0 Å². The molecule has 0 bridgehead atoms. The molecule has 2 aliphatic carbocycles. The molecule has 4 nitrogen and oxygen atoms in total. The van der Waals surface area contributed by atoms with Gasteiger partial charge in [0, 0.05) is 44.0 Å². The summed E-state index contributed by atoms with van der Waals surface area (Å²) in [6, 6.07) is 56.8. The number of rotatable bonds is 4. The number of hydrogen-bond acceptors (Lipinski definition) is 3. The lowest BCUT2D eigenvalue weighted by Crippen LogP contribution is -2.14. The fourth-order valence-electron chi connectivity index (χ4n) is 9.38. The maximum absolute atomic E-state index is 5.01. The zero-order chi connectivity index (χ0) is 37.1. The maximum atomic E-state index is 5.01. The van der Waals surface area contributed by atoms with Gasteiger partial charge >= 0.3 is 0 Å². The zero-order valence-corrected chi connectivity index (χ0v) is 31.3. The standard InChI is InChI=1S/C51H38N4/c1-50(2)42-22-14-12-20-36(42)38-29-45-40(28-43(38)50)39-27-37-35-19-11-13-21-41(35)51(3,4)44(37)30-46(39)55(45)34-25-23-33(24-26-34)49-53-47(31-15-7-5-8-16-31)52-48(54-49)32-17-9-6-10-18-32/h5-30H,1-4H3. The van der Waals surface area contributed by atoms with E-state index in [2.05, 4.69) is 129 Å². The van der Waals surface area contributed by atoms with Crippen molar-refractivity contribution in [2.45, 2.75) is 38.5 Å². The number of nitrogens with zero attached hydrogens (tertiary/aromatic N) is 4. The van der Waals surface area contributed by atoms with Crippen LogP contribution in [0, 0.1) is 0 Å². The SMILES string of the molecule is CC1(C)c2ccccc2-c2cc3c(cc21)c1cc2c(cc1n3-c1ccc(-c3nc(-c4ccccc4)nc(-c4ccccc4)n3)cc1)C(C)(C)c1ccccc1-2. The minimum atomic E-state index is -0.112. The van der Waals surface area contributed by atoms with E-state index in [0.29, 0.717) is 17.5 Å². The number of benzene rings is 7. The van der Waals surface area contributed by atoms with Gasteiger partial charge in [0.2, 0.25) is 0 Å². The molecular weight excluding hydrogens is 669 g/mol. The van der Waals surface area contributed by atoms with Crippen LogP contribution in [0.1, 0.15) is 49.9 Å². The predicted molar refractivity (Wildman–Crippen MR) is 226 cm³/mol. The van der Waals surface area contributed by atoms with Crippen LogP contribution in [0.25, 0.3) is 83.9 Å². The molecule has 0 unspecified atom stereocenters. The predicted octanol–water partition coefficient (Wildman–Crippen LogP) is 12.6. The number of hydrogen-bond donors (Lipinski definition) is 0. The highest BCUT2D eigenvalue weighted by Gasteiger charge is 2.38. The Hall–Kier alpha value is -6.65. The van der Waals surface area contributed by atoms with Crippen molar-refractivity contribution in [3.8, 4) is 62.1 Å². The summed E-state index contributed by atoms with van der Waals surface area (Å²) in [5, 5.41) is 2.55. The van der Waals surface area contributed by atoms with Gasteiger partial charge in [-0.1, -0.05) is 137 Å². The molecule has 0 saturated heterocycles. The van der Waals surface area contributed by atoms with Gasteiger partial charge in [0.15, 0.2) is 17.5 Å². The highest BCUT2D eigenvalue weighted by Crippen LogP contribution is 2.54. The largest absolute Gasteiger partial charge is 0.309 e. The van der Waals surface area contributed by atoms with Crippen LogP contribution in [-0.4, -0.2) is 19.5 Å². The van der Waals surface area contributed by atoms with Gasteiger partial charge in [-0.3, -0.25) is 0 Å². The first kappa shape index (κ1) is 31.8. The summed E-state index contributed by atoms with van der Waals surface area (Å²) < 4.78 is 2.47. The molecule has 7 aromatic carbocycles. The number of aromatic nitrogens is 4. The topological polar surface area (TPSA) is 43.6 Å². The third-order valence-corrected chi connectivity index (χ3v) is 12.3. The Kier molecular flexibility index (Phi) is 6.61. The monoisotopic (exact) mass is 706 g/mol. The van der Waals surface area contributed by atoms with Crippen LogP contribution in [0.3, 0.4) is 0 Å². The Morgan fingerprint density at radius 3 is 1.33 bits per heavy atom. The highest BCUT2D eigenvalue weighted by molar-refractivity contribution is 6.13. The summed E-state index contributed by atoms with van der Waals surface area (Å²) in [4.78, 5) is 14.9. The summed E-state index contributed by atoms with van der Waals surface area (Å²) in [6.45, 7) is 9.46. The van der Waals surface area contributed by atoms with Gasteiger partial charge in [0.1, 0.15) is 0 Å². The first-order chi connectivity index (χ1) is 26.8. The minimum absolute atomic E-state index is 0.0940. The Bertz CT molecular complexity index is 2950. The van der Waals surface area contributed by atoms with E-state index in [0.717, 1.165) is 22.4 Å². The van der Waals surface area contributed by atoms with E-state index >= 15 is 0 Å². The van der Waals surface area contributed by atoms with Crippen LogP contribution < -0.4 is 0 Å². The van der Waals surface area contributed by atoms with Gasteiger partial charge in [-0.25, -0.2) is 15.0 Å². The second-order valence-corrected chi connectivity index (χ2v) is 16.1. The highest BCUT2D eigenvalue weighted by atomic mass is 15.0. The van der Waals surface area contributed by atoms with E-state index in [1.54, 1.807) is 0 Å². The van der Waals surface area contributed by atoms with E-state index in [-0.39, 0.29) is 10.8 Å². The molecule has 0 spiro atoms. The average Bonchev–Trinajstić information content (AvgIpc) is 3.76. The molecular formula is C51H38N4. The van der Waals surface area contributed by atoms with Crippen molar-refractivity contribution >= 4 is 21.8 Å². The lowest BCUT2D eigenvalue weighted by atomic mass is 9.81. The van der Waals surface area contributed by atoms with Crippen LogP contribution >= 0.6 is 0 Å². The van der Waals surface area contributed by atoms with Crippen molar-refractivity contribution in [1.82, 2.24) is 19.5 Å². The molecule has 9 aromatic rings. The quantitative estimate of drug-likeness (QED) is 0.183. The van der Waals surface area contributed by atoms with Gasteiger partial charge in [-0.05, 0) is 93.0 Å². The van der Waals surface area contributed by atoms with Crippen LogP contribution in [0.5, 0.6) is 0 Å². The van der Waals surface area contributed by atoms with Crippen LogP contribution in [-0.2, 0) is 10.8 Å². The van der Waals surface area contributed by atoms with Gasteiger partial charge in [0.05, 0.1) is 11.0 Å². The Labute approximate surface area is 320 Å². The van der Waals surface area contributed by atoms with Gasteiger partial charge < -0.3 is 4.57 Å². The molecule has 2 aliphatic rings. The summed E-state index contributed by atoms with van der Waals surface area (Å²) in [6.07, 6.45) is 0. The molecule has 2 aromatic heterocycles. The van der Waals surface area contributed by atoms with E-state index < -0.39 is 0 Å². The Balaban J connectivity index is 1.13. The third kappa shape index (κ3) is 4.61. The average molecular weight is 707 g/mol. The van der Waals surface area contributed by atoms with E-state index in [9.17, 15) is 0 Å². The number of fused-ring (bicyclic) bond motifs is 9.